The van der Waals surface area contributed by atoms with Crippen molar-refractivity contribution >= 4 is 29.1 Å². The van der Waals surface area contributed by atoms with Gasteiger partial charge in [-0.15, -0.1) is 0 Å². The fourth-order valence-corrected chi connectivity index (χ4v) is 3.65. The van der Waals surface area contributed by atoms with Crippen molar-refractivity contribution in [2.75, 3.05) is 5.32 Å². The monoisotopic (exact) mass is 471 g/mol. The Labute approximate surface area is 198 Å². The van der Waals surface area contributed by atoms with Crippen LogP contribution in [0, 0.1) is 28.4 Å². The van der Waals surface area contributed by atoms with Crippen LogP contribution in [0.25, 0.3) is 0 Å². The van der Waals surface area contributed by atoms with Crippen LogP contribution in [0.3, 0.4) is 0 Å². The lowest BCUT2D eigenvalue weighted by Crippen LogP contribution is -2.45. The zero-order chi connectivity index (χ0) is 25.3. The lowest BCUT2D eigenvalue weighted by molar-refractivity contribution is -0.385. The first-order valence-electron chi connectivity index (χ1n) is 10.3. The quantitative estimate of drug-likeness (QED) is 0.325. The predicted molar refractivity (Wildman–Crippen MR) is 122 cm³/mol. The summed E-state index contributed by atoms with van der Waals surface area (Å²) in [4.78, 5) is 53.8. The molecule has 0 saturated carbocycles. The third-order valence-corrected chi connectivity index (χ3v) is 5.45. The van der Waals surface area contributed by atoms with Gasteiger partial charge in [-0.25, -0.2) is 4.98 Å². The van der Waals surface area contributed by atoms with E-state index in [-0.39, 0.29) is 22.6 Å². The van der Waals surface area contributed by atoms with Crippen molar-refractivity contribution in [2.45, 2.75) is 19.9 Å². The van der Waals surface area contributed by atoms with Gasteiger partial charge in [0.1, 0.15) is 29.0 Å². The molecule has 1 N–H and O–H groups in total. The van der Waals surface area contributed by atoms with Gasteiger partial charge in [0.25, 0.3) is 17.5 Å². The molecule has 3 amide bonds. The minimum atomic E-state index is -1.23. The Hall–Kier alpha value is -5.11. The lowest BCUT2D eigenvalue weighted by atomic mass is 10.1. The first-order valence-corrected chi connectivity index (χ1v) is 10.3. The van der Waals surface area contributed by atoms with Crippen LogP contribution >= 0.6 is 0 Å². The van der Waals surface area contributed by atoms with Crippen molar-refractivity contribution in [3.05, 3.63) is 87.1 Å². The molecule has 0 saturated heterocycles. The van der Waals surface area contributed by atoms with Crippen molar-refractivity contribution in [3.8, 4) is 17.7 Å². The van der Waals surface area contributed by atoms with Crippen LogP contribution in [0.1, 0.15) is 38.8 Å². The van der Waals surface area contributed by atoms with Gasteiger partial charge in [-0.05, 0) is 55.8 Å². The number of anilines is 1. The van der Waals surface area contributed by atoms with Gasteiger partial charge < -0.3 is 10.1 Å². The van der Waals surface area contributed by atoms with Crippen LogP contribution in [0.5, 0.6) is 11.6 Å². The zero-order valence-corrected chi connectivity index (χ0v) is 18.5. The van der Waals surface area contributed by atoms with Gasteiger partial charge in [0, 0.05) is 18.0 Å². The molecular weight excluding hydrogens is 454 g/mol. The summed E-state index contributed by atoms with van der Waals surface area (Å²) in [5, 5.41) is 23.1. The third-order valence-electron chi connectivity index (χ3n) is 5.45. The number of imide groups is 1. The van der Waals surface area contributed by atoms with Crippen LogP contribution in [0.15, 0.2) is 54.7 Å². The second kappa shape index (κ2) is 9.03. The van der Waals surface area contributed by atoms with E-state index in [4.69, 9.17) is 4.74 Å². The highest BCUT2D eigenvalue weighted by Gasteiger charge is 2.44. The first-order chi connectivity index (χ1) is 16.7. The van der Waals surface area contributed by atoms with Crippen molar-refractivity contribution in [1.82, 2.24) is 9.88 Å². The molecule has 2 heterocycles. The highest BCUT2D eigenvalue weighted by atomic mass is 16.6. The summed E-state index contributed by atoms with van der Waals surface area (Å²) in [5.74, 6) is -1.81. The van der Waals surface area contributed by atoms with E-state index in [1.165, 1.54) is 25.3 Å². The van der Waals surface area contributed by atoms with Crippen molar-refractivity contribution < 1.29 is 24.0 Å². The number of aromatic nitrogens is 1. The molecule has 0 fully saturated rings. The second-order valence-corrected chi connectivity index (χ2v) is 7.65. The molecule has 0 radical (unpaired) electrons. The highest BCUT2D eigenvalue weighted by molar-refractivity contribution is 6.24. The van der Waals surface area contributed by atoms with Gasteiger partial charge in [-0.3, -0.25) is 29.4 Å². The summed E-state index contributed by atoms with van der Waals surface area (Å²) in [7, 11) is 0. The standard InChI is InChI=1S/C24H17N5O6/c1-13-11-16(35-22-15(12-25)5-4-10-26-22)8-9-18(13)27-21(30)14(2)28-23(31)17-6-3-7-19(29(33)34)20(17)24(28)32/h3-11,14H,1-2H3,(H,27,30). The maximum absolute atomic E-state index is 12.9. The number of benzene rings is 2. The van der Waals surface area contributed by atoms with Gasteiger partial charge in [-0.1, -0.05) is 6.07 Å². The summed E-state index contributed by atoms with van der Waals surface area (Å²) in [6.45, 7) is 3.07. The van der Waals surface area contributed by atoms with Crippen molar-refractivity contribution in [3.63, 3.8) is 0 Å². The van der Waals surface area contributed by atoms with Crippen molar-refractivity contribution in [2.24, 2.45) is 0 Å². The molecule has 4 rings (SSSR count). The normalized spacial score (nSPS) is 13.1. The van der Waals surface area contributed by atoms with Gasteiger partial charge in [0.2, 0.25) is 11.8 Å². The Balaban J connectivity index is 1.52. The molecule has 174 valence electrons. The Morgan fingerprint density at radius 1 is 1.20 bits per heavy atom. The largest absolute Gasteiger partial charge is 0.438 e. The highest BCUT2D eigenvalue weighted by Crippen LogP contribution is 2.32. The number of ether oxygens (including phenoxy) is 1. The van der Waals surface area contributed by atoms with Crippen LogP contribution in [0.4, 0.5) is 11.4 Å². The van der Waals surface area contributed by atoms with Gasteiger partial charge >= 0.3 is 0 Å². The number of carbonyl (C=O) groups excluding carboxylic acids is 3. The van der Waals surface area contributed by atoms with E-state index in [0.717, 1.165) is 6.07 Å². The first kappa shape index (κ1) is 23.1. The summed E-state index contributed by atoms with van der Waals surface area (Å²) in [6.07, 6.45) is 1.49. The van der Waals surface area contributed by atoms with Crippen LogP contribution in [0.2, 0.25) is 0 Å². The summed E-state index contributed by atoms with van der Waals surface area (Å²) < 4.78 is 5.67. The van der Waals surface area contributed by atoms with E-state index in [9.17, 15) is 29.8 Å². The molecule has 1 aromatic heterocycles. The molecular formula is C24H17N5O6. The van der Waals surface area contributed by atoms with E-state index in [1.54, 1.807) is 37.3 Å². The summed E-state index contributed by atoms with van der Waals surface area (Å²) in [6, 6.07) is 12.5. The number of fused-ring (bicyclic) bond motifs is 1. The maximum Gasteiger partial charge on any atom is 0.282 e. The number of nitriles is 1. The van der Waals surface area contributed by atoms with Crippen molar-refractivity contribution in [1.29, 1.82) is 5.26 Å². The van der Waals surface area contributed by atoms with E-state index in [0.29, 0.717) is 21.9 Å². The molecule has 1 aliphatic heterocycles. The molecule has 1 unspecified atom stereocenters. The molecule has 1 aliphatic rings. The average Bonchev–Trinajstić information content (AvgIpc) is 3.10. The predicted octanol–water partition coefficient (Wildman–Crippen LogP) is 3.59. The molecule has 35 heavy (non-hydrogen) atoms. The topological polar surface area (TPSA) is 156 Å². The minimum Gasteiger partial charge on any atom is -0.438 e. The van der Waals surface area contributed by atoms with Gasteiger partial charge in [0.05, 0.1) is 10.5 Å². The number of amides is 3. The second-order valence-electron chi connectivity index (χ2n) is 7.65. The SMILES string of the molecule is Cc1cc(Oc2ncccc2C#N)ccc1NC(=O)C(C)N1C(=O)c2cccc([N+](=O)[O-])c2C1=O. The number of pyridine rings is 1. The lowest BCUT2D eigenvalue weighted by Gasteiger charge is -2.22. The van der Waals surface area contributed by atoms with E-state index >= 15 is 0 Å². The number of aryl methyl sites for hydroxylation is 1. The number of rotatable bonds is 6. The zero-order valence-electron chi connectivity index (χ0n) is 18.5. The molecule has 11 heteroatoms. The van der Waals surface area contributed by atoms with E-state index in [2.05, 4.69) is 10.3 Å². The molecule has 11 nitrogen and oxygen atoms in total. The van der Waals surface area contributed by atoms with Crippen LogP contribution in [-0.4, -0.2) is 38.6 Å². The molecule has 0 bridgehead atoms. The number of nitrogens with zero attached hydrogens (tertiary/aromatic N) is 4. The summed E-state index contributed by atoms with van der Waals surface area (Å²) in [5.41, 5.74) is 0.333. The fourth-order valence-electron chi connectivity index (χ4n) is 3.65. The molecule has 2 aromatic carbocycles. The average molecular weight is 471 g/mol. The number of carbonyl (C=O) groups is 3. The van der Waals surface area contributed by atoms with Gasteiger partial charge in [0.15, 0.2) is 0 Å². The Bertz CT molecular complexity index is 1440. The maximum atomic E-state index is 12.9. The Morgan fingerprint density at radius 3 is 2.66 bits per heavy atom. The van der Waals surface area contributed by atoms with E-state index < -0.39 is 34.4 Å². The van der Waals surface area contributed by atoms with Gasteiger partial charge in [-0.2, -0.15) is 5.26 Å². The molecule has 1 atom stereocenters. The smallest absolute Gasteiger partial charge is 0.282 e. The van der Waals surface area contributed by atoms with Crippen LogP contribution < -0.4 is 10.1 Å². The number of nitro benzene ring substituents is 1. The number of hydrogen-bond donors (Lipinski definition) is 1. The minimum absolute atomic E-state index is 0.118. The number of nitrogens with one attached hydrogen (secondary N) is 1. The number of hydrogen-bond acceptors (Lipinski definition) is 8. The molecule has 0 aliphatic carbocycles. The molecule has 0 spiro atoms. The van der Waals surface area contributed by atoms with E-state index in [1.807, 2.05) is 6.07 Å². The molecule has 3 aromatic rings. The number of nitro groups is 1. The Morgan fingerprint density at radius 2 is 1.97 bits per heavy atom. The van der Waals surface area contributed by atoms with Crippen LogP contribution in [-0.2, 0) is 4.79 Å². The fraction of sp³-hybridized carbons (Fsp3) is 0.125. The third kappa shape index (κ3) is 4.16. The summed E-state index contributed by atoms with van der Waals surface area (Å²) >= 11 is 0. The Kier molecular flexibility index (Phi) is 5.95.